The molecule has 5 heteroatoms. The monoisotopic (exact) mass is 247 g/mol. The number of fused-ring (bicyclic) bond motifs is 1. The maximum absolute atomic E-state index is 10.8. The Labute approximate surface area is 104 Å². The summed E-state index contributed by atoms with van der Waals surface area (Å²) in [5.74, 6) is 0.279. The van der Waals surface area contributed by atoms with Crippen LogP contribution < -0.4 is 9.47 Å². The van der Waals surface area contributed by atoms with Gasteiger partial charge < -0.3 is 14.6 Å². The summed E-state index contributed by atoms with van der Waals surface area (Å²) in [6.07, 6.45) is 3.16. The molecule has 0 bridgehead atoms. The van der Waals surface area contributed by atoms with Gasteiger partial charge in [-0.05, 0) is 23.1 Å². The summed E-state index contributed by atoms with van der Waals surface area (Å²) in [4.78, 5) is 14.8. The van der Waals surface area contributed by atoms with Gasteiger partial charge in [0.05, 0.1) is 20.6 Å². The Hall–Kier alpha value is -2.30. The number of pyridine rings is 1. The van der Waals surface area contributed by atoms with Crippen LogP contribution in [-0.4, -0.2) is 30.3 Å². The largest absolute Gasteiger partial charge is 0.493 e. The van der Waals surface area contributed by atoms with Crippen molar-refractivity contribution in [3.8, 4) is 11.5 Å². The third kappa shape index (κ3) is 2.20. The van der Waals surface area contributed by atoms with Gasteiger partial charge in [0.15, 0.2) is 11.5 Å². The zero-order chi connectivity index (χ0) is 13.1. The smallest absolute Gasteiger partial charge is 0.307 e. The Morgan fingerprint density at radius 3 is 2.50 bits per heavy atom. The molecule has 2 aromatic rings. The van der Waals surface area contributed by atoms with Crippen molar-refractivity contribution in [2.24, 2.45) is 0 Å². The van der Waals surface area contributed by atoms with Crippen LogP contribution >= 0.6 is 0 Å². The van der Waals surface area contributed by atoms with E-state index >= 15 is 0 Å². The lowest BCUT2D eigenvalue weighted by Gasteiger charge is -2.10. The van der Waals surface area contributed by atoms with Crippen LogP contribution in [0.25, 0.3) is 10.8 Å². The number of carboxylic acid groups (broad SMARTS) is 1. The fraction of sp³-hybridized carbons (Fsp3) is 0.231. The maximum Gasteiger partial charge on any atom is 0.307 e. The van der Waals surface area contributed by atoms with Gasteiger partial charge in [0.1, 0.15) is 0 Å². The average Bonchev–Trinajstić information content (AvgIpc) is 2.37. The van der Waals surface area contributed by atoms with Crippen LogP contribution in [0.5, 0.6) is 11.5 Å². The summed E-state index contributed by atoms with van der Waals surface area (Å²) in [7, 11) is 3.10. The van der Waals surface area contributed by atoms with E-state index in [1.54, 1.807) is 38.7 Å². The summed E-state index contributed by atoms with van der Waals surface area (Å²) < 4.78 is 10.4. The first-order valence-electron chi connectivity index (χ1n) is 5.36. The van der Waals surface area contributed by atoms with Crippen molar-refractivity contribution in [1.82, 2.24) is 4.98 Å². The summed E-state index contributed by atoms with van der Waals surface area (Å²) in [6.45, 7) is 0. The number of benzene rings is 1. The minimum Gasteiger partial charge on any atom is -0.493 e. The van der Waals surface area contributed by atoms with E-state index in [9.17, 15) is 4.79 Å². The molecule has 94 valence electrons. The van der Waals surface area contributed by atoms with Crippen molar-refractivity contribution >= 4 is 16.7 Å². The van der Waals surface area contributed by atoms with Gasteiger partial charge in [0.2, 0.25) is 0 Å². The average molecular weight is 247 g/mol. The molecule has 0 amide bonds. The van der Waals surface area contributed by atoms with E-state index in [-0.39, 0.29) is 6.42 Å². The summed E-state index contributed by atoms with van der Waals surface area (Å²) in [5, 5.41) is 10.5. The molecule has 0 spiro atoms. The second-order valence-corrected chi connectivity index (χ2v) is 3.80. The number of rotatable bonds is 4. The van der Waals surface area contributed by atoms with Gasteiger partial charge in [-0.15, -0.1) is 0 Å². The highest BCUT2D eigenvalue weighted by Crippen LogP contribution is 2.33. The molecule has 0 saturated carbocycles. The van der Waals surface area contributed by atoms with Crippen molar-refractivity contribution in [2.45, 2.75) is 6.42 Å². The number of carboxylic acids is 1. The van der Waals surface area contributed by atoms with E-state index in [0.29, 0.717) is 17.1 Å². The van der Waals surface area contributed by atoms with Crippen LogP contribution in [0.1, 0.15) is 5.56 Å². The number of methoxy groups -OCH3 is 2. The number of carbonyl (C=O) groups is 1. The highest BCUT2D eigenvalue weighted by molar-refractivity contribution is 5.90. The second-order valence-electron chi connectivity index (χ2n) is 3.80. The Bertz CT molecular complexity index is 595. The fourth-order valence-electron chi connectivity index (χ4n) is 1.86. The third-order valence-electron chi connectivity index (χ3n) is 2.69. The van der Waals surface area contributed by atoms with Crippen LogP contribution in [0.2, 0.25) is 0 Å². The molecule has 0 aliphatic rings. The van der Waals surface area contributed by atoms with E-state index in [0.717, 1.165) is 10.8 Å². The molecular formula is C13H13NO4. The number of ether oxygens (including phenoxy) is 2. The van der Waals surface area contributed by atoms with Crippen molar-refractivity contribution in [2.75, 3.05) is 14.2 Å². The number of aromatic nitrogens is 1. The Kier molecular flexibility index (Phi) is 3.32. The highest BCUT2D eigenvalue weighted by Gasteiger charge is 2.11. The number of aliphatic carboxylic acids is 1. The van der Waals surface area contributed by atoms with E-state index in [2.05, 4.69) is 4.98 Å². The molecule has 1 N–H and O–H groups in total. The minimum absolute atomic E-state index is 0.0696. The summed E-state index contributed by atoms with van der Waals surface area (Å²) in [5.41, 5.74) is 0.654. The van der Waals surface area contributed by atoms with Crippen molar-refractivity contribution < 1.29 is 19.4 Å². The predicted molar refractivity (Wildman–Crippen MR) is 66.2 cm³/mol. The van der Waals surface area contributed by atoms with E-state index in [4.69, 9.17) is 14.6 Å². The predicted octanol–water partition coefficient (Wildman–Crippen LogP) is 1.88. The molecule has 1 aromatic carbocycles. The third-order valence-corrected chi connectivity index (χ3v) is 2.69. The minimum atomic E-state index is -0.890. The standard InChI is InChI=1S/C13H13NO4/c1-17-11-3-8-6-14-7-9(4-13(15)16)10(8)5-12(11)18-2/h3,5-7H,4H2,1-2H3,(H,15,16). The quantitative estimate of drug-likeness (QED) is 0.893. The second kappa shape index (κ2) is 4.91. The Balaban J connectivity index is 2.64. The van der Waals surface area contributed by atoms with Gasteiger partial charge in [-0.3, -0.25) is 9.78 Å². The lowest BCUT2D eigenvalue weighted by atomic mass is 10.0. The summed E-state index contributed by atoms with van der Waals surface area (Å²) >= 11 is 0. The summed E-state index contributed by atoms with van der Waals surface area (Å²) in [6, 6.07) is 3.56. The van der Waals surface area contributed by atoms with Gasteiger partial charge in [0, 0.05) is 17.8 Å². The first kappa shape index (κ1) is 12.2. The molecule has 5 nitrogen and oxygen atoms in total. The molecule has 1 aromatic heterocycles. The first-order chi connectivity index (χ1) is 8.65. The van der Waals surface area contributed by atoms with Gasteiger partial charge in [0.25, 0.3) is 0 Å². The van der Waals surface area contributed by atoms with Crippen molar-refractivity contribution in [3.63, 3.8) is 0 Å². The molecule has 0 unspecified atom stereocenters. The molecule has 0 fully saturated rings. The lowest BCUT2D eigenvalue weighted by Crippen LogP contribution is -2.01. The van der Waals surface area contributed by atoms with Gasteiger partial charge in [-0.25, -0.2) is 0 Å². The van der Waals surface area contributed by atoms with Crippen molar-refractivity contribution in [3.05, 3.63) is 30.1 Å². The topological polar surface area (TPSA) is 68.7 Å². The number of hydrogen-bond donors (Lipinski definition) is 1. The molecule has 0 aliphatic heterocycles. The van der Waals surface area contributed by atoms with Crippen molar-refractivity contribution in [1.29, 1.82) is 0 Å². The molecule has 0 aliphatic carbocycles. The van der Waals surface area contributed by atoms with Crippen LogP contribution in [-0.2, 0) is 11.2 Å². The SMILES string of the molecule is COc1cc2cncc(CC(=O)O)c2cc1OC. The van der Waals surface area contributed by atoms with Crippen LogP contribution in [0.4, 0.5) is 0 Å². The van der Waals surface area contributed by atoms with E-state index in [1.165, 1.54) is 0 Å². The van der Waals surface area contributed by atoms with Crippen LogP contribution in [0.15, 0.2) is 24.5 Å². The normalized spacial score (nSPS) is 10.3. The Morgan fingerprint density at radius 2 is 1.89 bits per heavy atom. The number of hydrogen-bond acceptors (Lipinski definition) is 4. The lowest BCUT2D eigenvalue weighted by molar-refractivity contribution is -0.136. The maximum atomic E-state index is 10.8. The van der Waals surface area contributed by atoms with Gasteiger partial charge in [-0.2, -0.15) is 0 Å². The highest BCUT2D eigenvalue weighted by atomic mass is 16.5. The van der Waals surface area contributed by atoms with Gasteiger partial charge in [-0.1, -0.05) is 0 Å². The molecule has 18 heavy (non-hydrogen) atoms. The zero-order valence-corrected chi connectivity index (χ0v) is 10.1. The van der Waals surface area contributed by atoms with Crippen LogP contribution in [0, 0.1) is 0 Å². The zero-order valence-electron chi connectivity index (χ0n) is 10.1. The van der Waals surface area contributed by atoms with Gasteiger partial charge >= 0.3 is 5.97 Å². The molecule has 0 atom stereocenters. The van der Waals surface area contributed by atoms with E-state index in [1.807, 2.05) is 0 Å². The molecule has 0 saturated heterocycles. The molecule has 0 radical (unpaired) electrons. The van der Waals surface area contributed by atoms with E-state index < -0.39 is 5.97 Å². The number of nitrogens with zero attached hydrogens (tertiary/aromatic N) is 1. The molecule has 1 heterocycles. The molecular weight excluding hydrogens is 234 g/mol. The molecule has 2 rings (SSSR count). The fourth-order valence-corrected chi connectivity index (χ4v) is 1.86. The first-order valence-corrected chi connectivity index (χ1v) is 5.36. The Morgan fingerprint density at radius 1 is 1.22 bits per heavy atom. The van der Waals surface area contributed by atoms with Crippen LogP contribution in [0.3, 0.4) is 0 Å².